The summed E-state index contributed by atoms with van der Waals surface area (Å²) in [6.07, 6.45) is 3.89. The van der Waals surface area contributed by atoms with E-state index in [0.717, 1.165) is 38.8 Å². The summed E-state index contributed by atoms with van der Waals surface area (Å²) in [5.74, 6) is 0.575. The van der Waals surface area contributed by atoms with Gasteiger partial charge in [0.05, 0.1) is 0 Å². The fraction of sp³-hybridized carbons (Fsp3) is 0.632. The number of benzene rings is 1. The summed E-state index contributed by atoms with van der Waals surface area (Å²) in [6.45, 7) is 6.61. The van der Waals surface area contributed by atoms with Gasteiger partial charge in [0.2, 0.25) is 0 Å². The van der Waals surface area contributed by atoms with Crippen molar-refractivity contribution in [2.75, 3.05) is 26.2 Å². The summed E-state index contributed by atoms with van der Waals surface area (Å²) in [6, 6.07) is 10.6. The van der Waals surface area contributed by atoms with Crippen LogP contribution in [-0.2, 0) is 0 Å². The minimum Gasteiger partial charge on any atom is -0.396 e. The third-order valence-corrected chi connectivity index (χ3v) is 4.79. The van der Waals surface area contributed by atoms with Crippen molar-refractivity contribution in [1.29, 1.82) is 0 Å². The van der Waals surface area contributed by atoms with E-state index < -0.39 is 0 Å². The Morgan fingerprint density at radius 2 is 1.91 bits per heavy atom. The quantitative estimate of drug-likeness (QED) is 0.790. The number of nitrogens with zero attached hydrogens (tertiary/aromatic N) is 1. The molecule has 4 nitrogen and oxygen atoms in total. The SMILES string of the molecule is CC(C)(CO)CCCNC(=O)N1CCC(c2ccccc2)CC1. The molecule has 1 aliphatic heterocycles. The Morgan fingerprint density at radius 3 is 2.52 bits per heavy atom. The monoisotopic (exact) mass is 318 g/mol. The second-order valence-corrected chi connectivity index (χ2v) is 7.33. The molecule has 1 fully saturated rings. The molecule has 4 heteroatoms. The van der Waals surface area contributed by atoms with E-state index in [1.54, 1.807) is 0 Å². The number of carbonyl (C=O) groups excluding carboxylic acids is 1. The van der Waals surface area contributed by atoms with Gasteiger partial charge in [-0.3, -0.25) is 0 Å². The molecule has 1 aromatic rings. The Morgan fingerprint density at radius 1 is 1.26 bits per heavy atom. The standard InChI is InChI=1S/C19H30N2O2/c1-19(2,15-22)11-6-12-20-18(23)21-13-9-17(10-14-21)16-7-4-3-5-8-16/h3-5,7-8,17,22H,6,9-15H2,1-2H3,(H,20,23). The zero-order valence-electron chi connectivity index (χ0n) is 14.4. The lowest BCUT2D eigenvalue weighted by Crippen LogP contribution is -2.44. The Labute approximate surface area is 139 Å². The van der Waals surface area contributed by atoms with Crippen molar-refractivity contribution < 1.29 is 9.90 Å². The number of amides is 2. The van der Waals surface area contributed by atoms with Gasteiger partial charge in [0.15, 0.2) is 0 Å². The molecule has 1 aromatic carbocycles. The molecule has 0 aliphatic carbocycles. The highest BCUT2D eigenvalue weighted by Gasteiger charge is 2.23. The fourth-order valence-electron chi connectivity index (χ4n) is 3.09. The maximum atomic E-state index is 12.2. The van der Waals surface area contributed by atoms with Gasteiger partial charge in [0, 0.05) is 26.2 Å². The highest BCUT2D eigenvalue weighted by atomic mass is 16.3. The molecule has 1 heterocycles. The predicted molar refractivity (Wildman–Crippen MR) is 93.5 cm³/mol. The smallest absolute Gasteiger partial charge is 0.317 e. The van der Waals surface area contributed by atoms with E-state index in [1.807, 2.05) is 24.8 Å². The summed E-state index contributed by atoms with van der Waals surface area (Å²) in [4.78, 5) is 14.1. The average Bonchev–Trinajstić information content (AvgIpc) is 2.59. The second-order valence-electron chi connectivity index (χ2n) is 7.33. The van der Waals surface area contributed by atoms with Crippen LogP contribution in [0.4, 0.5) is 4.79 Å². The van der Waals surface area contributed by atoms with E-state index >= 15 is 0 Å². The lowest BCUT2D eigenvalue weighted by atomic mass is 9.89. The van der Waals surface area contributed by atoms with Gasteiger partial charge in [-0.05, 0) is 42.6 Å². The van der Waals surface area contributed by atoms with Crippen molar-refractivity contribution in [2.24, 2.45) is 5.41 Å². The number of hydrogen-bond donors (Lipinski definition) is 2. The van der Waals surface area contributed by atoms with E-state index in [9.17, 15) is 9.90 Å². The molecular weight excluding hydrogens is 288 g/mol. The summed E-state index contributed by atoms with van der Waals surface area (Å²) in [7, 11) is 0. The van der Waals surface area contributed by atoms with Gasteiger partial charge >= 0.3 is 6.03 Å². The third kappa shape index (κ3) is 5.54. The number of hydrogen-bond acceptors (Lipinski definition) is 2. The molecule has 23 heavy (non-hydrogen) atoms. The van der Waals surface area contributed by atoms with Crippen molar-refractivity contribution in [3.63, 3.8) is 0 Å². The molecule has 0 saturated carbocycles. The van der Waals surface area contributed by atoms with E-state index in [2.05, 4.69) is 29.6 Å². The molecule has 0 atom stereocenters. The second kappa shape index (κ2) is 8.34. The van der Waals surface area contributed by atoms with Crippen LogP contribution < -0.4 is 5.32 Å². The minimum absolute atomic E-state index is 0.0540. The number of aliphatic hydroxyl groups excluding tert-OH is 1. The molecular formula is C19H30N2O2. The first-order chi connectivity index (χ1) is 11.0. The maximum absolute atomic E-state index is 12.2. The molecule has 1 saturated heterocycles. The molecule has 0 bridgehead atoms. The predicted octanol–water partition coefficient (Wildman–Crippen LogP) is 3.37. The van der Waals surface area contributed by atoms with Crippen molar-refractivity contribution >= 4 is 6.03 Å². The van der Waals surface area contributed by atoms with Crippen LogP contribution >= 0.6 is 0 Å². The van der Waals surface area contributed by atoms with Crippen LogP contribution in [0.25, 0.3) is 0 Å². The van der Waals surface area contributed by atoms with E-state index in [0.29, 0.717) is 12.5 Å². The van der Waals surface area contributed by atoms with Crippen LogP contribution in [0, 0.1) is 5.41 Å². The lowest BCUT2D eigenvalue weighted by Gasteiger charge is -2.32. The van der Waals surface area contributed by atoms with Gasteiger partial charge in [-0.1, -0.05) is 44.2 Å². The first-order valence-corrected chi connectivity index (χ1v) is 8.70. The molecule has 128 valence electrons. The molecule has 0 unspecified atom stereocenters. The van der Waals surface area contributed by atoms with Gasteiger partial charge in [-0.15, -0.1) is 0 Å². The van der Waals surface area contributed by atoms with Gasteiger partial charge in [-0.2, -0.15) is 0 Å². The molecule has 2 amide bonds. The van der Waals surface area contributed by atoms with Crippen LogP contribution in [0.15, 0.2) is 30.3 Å². The Kier molecular flexibility index (Phi) is 6.46. The molecule has 2 rings (SSSR count). The molecule has 0 aromatic heterocycles. The number of aliphatic hydroxyl groups is 1. The van der Waals surface area contributed by atoms with Crippen molar-refractivity contribution in [1.82, 2.24) is 10.2 Å². The van der Waals surface area contributed by atoms with E-state index in [4.69, 9.17) is 0 Å². The third-order valence-electron chi connectivity index (χ3n) is 4.79. The van der Waals surface area contributed by atoms with Crippen LogP contribution in [0.5, 0.6) is 0 Å². The highest BCUT2D eigenvalue weighted by Crippen LogP contribution is 2.27. The van der Waals surface area contributed by atoms with Crippen molar-refractivity contribution in [2.45, 2.75) is 45.4 Å². The summed E-state index contributed by atoms with van der Waals surface area (Å²) in [5, 5.41) is 12.2. The number of nitrogens with one attached hydrogen (secondary N) is 1. The normalized spacial score (nSPS) is 16.4. The number of rotatable bonds is 6. The maximum Gasteiger partial charge on any atom is 0.317 e. The Balaban J connectivity index is 1.68. The molecule has 2 N–H and O–H groups in total. The Hall–Kier alpha value is -1.55. The minimum atomic E-state index is -0.0568. The van der Waals surface area contributed by atoms with Gasteiger partial charge in [0.25, 0.3) is 0 Å². The van der Waals surface area contributed by atoms with Crippen molar-refractivity contribution in [3.8, 4) is 0 Å². The van der Waals surface area contributed by atoms with E-state index in [-0.39, 0.29) is 18.1 Å². The highest BCUT2D eigenvalue weighted by molar-refractivity contribution is 5.74. The number of urea groups is 1. The van der Waals surface area contributed by atoms with Crippen LogP contribution in [0.2, 0.25) is 0 Å². The van der Waals surface area contributed by atoms with Crippen molar-refractivity contribution in [3.05, 3.63) is 35.9 Å². The van der Waals surface area contributed by atoms with Crippen LogP contribution in [0.3, 0.4) is 0 Å². The number of carbonyl (C=O) groups is 1. The lowest BCUT2D eigenvalue weighted by molar-refractivity contribution is 0.147. The number of likely N-dealkylation sites (tertiary alicyclic amines) is 1. The average molecular weight is 318 g/mol. The van der Waals surface area contributed by atoms with Gasteiger partial charge in [0.1, 0.15) is 0 Å². The topological polar surface area (TPSA) is 52.6 Å². The molecule has 0 radical (unpaired) electrons. The van der Waals surface area contributed by atoms with E-state index in [1.165, 1.54) is 5.56 Å². The van der Waals surface area contributed by atoms with Gasteiger partial charge in [-0.25, -0.2) is 4.79 Å². The molecule has 0 spiro atoms. The zero-order valence-corrected chi connectivity index (χ0v) is 14.4. The Bertz CT molecular complexity index is 479. The largest absolute Gasteiger partial charge is 0.396 e. The fourth-order valence-corrected chi connectivity index (χ4v) is 3.09. The van der Waals surface area contributed by atoms with Crippen LogP contribution in [0.1, 0.15) is 51.0 Å². The first-order valence-electron chi connectivity index (χ1n) is 8.70. The van der Waals surface area contributed by atoms with Crippen LogP contribution in [-0.4, -0.2) is 42.3 Å². The van der Waals surface area contributed by atoms with Gasteiger partial charge < -0.3 is 15.3 Å². The zero-order chi connectivity index (χ0) is 16.7. The first kappa shape index (κ1) is 17.8. The molecule has 1 aliphatic rings. The summed E-state index contributed by atoms with van der Waals surface area (Å²) in [5.41, 5.74) is 1.33. The summed E-state index contributed by atoms with van der Waals surface area (Å²) >= 11 is 0. The summed E-state index contributed by atoms with van der Waals surface area (Å²) < 4.78 is 0. The number of piperidine rings is 1.